The minimum Gasteiger partial charge on any atom is -0.369 e. The van der Waals surface area contributed by atoms with Crippen molar-refractivity contribution in [2.45, 2.75) is 32.4 Å². The fourth-order valence-corrected chi connectivity index (χ4v) is 3.64. The van der Waals surface area contributed by atoms with E-state index in [1.54, 1.807) is 14.0 Å². The zero-order chi connectivity index (χ0) is 12.3. The fraction of sp³-hybridized carbons (Fsp3) is 0.900. The van der Waals surface area contributed by atoms with Crippen LogP contribution in [0.1, 0.15) is 20.3 Å². The molecule has 1 saturated heterocycles. The van der Waals surface area contributed by atoms with Gasteiger partial charge in [-0.15, -0.1) is 0 Å². The molecule has 1 heterocycles. The standard InChI is InChI=1S/C10H19NO4S/c1-4-15-8(2)10(12)11(3)9-5-6-16(13,14)7-9/h8-9H,4-7H2,1-3H3/t8-,9+/m1/s1. The molecular weight excluding hydrogens is 230 g/mol. The molecule has 2 atom stereocenters. The molecule has 0 aliphatic carbocycles. The molecule has 1 aliphatic heterocycles. The lowest BCUT2D eigenvalue weighted by molar-refractivity contribution is -0.142. The summed E-state index contributed by atoms with van der Waals surface area (Å²) in [5, 5.41) is 0. The highest BCUT2D eigenvalue weighted by atomic mass is 32.2. The van der Waals surface area contributed by atoms with E-state index in [1.165, 1.54) is 4.90 Å². The zero-order valence-corrected chi connectivity index (χ0v) is 10.8. The van der Waals surface area contributed by atoms with Crippen molar-refractivity contribution in [2.75, 3.05) is 25.2 Å². The van der Waals surface area contributed by atoms with Gasteiger partial charge in [0.1, 0.15) is 6.10 Å². The number of ether oxygens (including phenoxy) is 1. The fourth-order valence-electron chi connectivity index (χ4n) is 1.87. The lowest BCUT2D eigenvalue weighted by atomic mass is 10.2. The maximum absolute atomic E-state index is 11.8. The monoisotopic (exact) mass is 249 g/mol. The molecule has 0 N–H and O–H groups in total. The molecule has 0 radical (unpaired) electrons. The van der Waals surface area contributed by atoms with Gasteiger partial charge >= 0.3 is 0 Å². The van der Waals surface area contributed by atoms with E-state index in [-0.39, 0.29) is 23.5 Å². The molecule has 1 rings (SSSR count). The van der Waals surface area contributed by atoms with E-state index in [0.29, 0.717) is 13.0 Å². The number of amides is 1. The van der Waals surface area contributed by atoms with Gasteiger partial charge in [0.15, 0.2) is 9.84 Å². The van der Waals surface area contributed by atoms with E-state index in [0.717, 1.165) is 0 Å². The number of carbonyl (C=O) groups excluding carboxylic acids is 1. The smallest absolute Gasteiger partial charge is 0.251 e. The summed E-state index contributed by atoms with van der Waals surface area (Å²) in [6, 6.07) is -0.194. The van der Waals surface area contributed by atoms with Gasteiger partial charge in [0.05, 0.1) is 11.5 Å². The van der Waals surface area contributed by atoms with Crippen molar-refractivity contribution in [1.29, 1.82) is 0 Å². The maximum Gasteiger partial charge on any atom is 0.251 e. The summed E-state index contributed by atoms with van der Waals surface area (Å²) in [5.41, 5.74) is 0. The molecule has 0 aromatic heterocycles. The average Bonchev–Trinajstić information content (AvgIpc) is 2.57. The molecule has 0 saturated carbocycles. The van der Waals surface area contributed by atoms with Crippen molar-refractivity contribution in [3.05, 3.63) is 0 Å². The average molecular weight is 249 g/mol. The SMILES string of the molecule is CCO[C@H](C)C(=O)N(C)[C@H]1CCS(=O)(=O)C1. The Hall–Kier alpha value is -0.620. The Morgan fingerprint density at radius 2 is 2.19 bits per heavy atom. The second kappa shape index (κ2) is 5.14. The van der Waals surface area contributed by atoms with Gasteiger partial charge in [-0.1, -0.05) is 0 Å². The van der Waals surface area contributed by atoms with Gasteiger partial charge in [-0.25, -0.2) is 8.42 Å². The molecular formula is C10H19NO4S. The summed E-state index contributed by atoms with van der Waals surface area (Å²) in [7, 11) is -1.30. The van der Waals surface area contributed by atoms with Gasteiger partial charge in [-0.05, 0) is 20.3 Å². The summed E-state index contributed by atoms with van der Waals surface area (Å²) < 4.78 is 27.8. The first kappa shape index (κ1) is 13.4. The van der Waals surface area contributed by atoms with Crippen molar-refractivity contribution in [3.8, 4) is 0 Å². The Morgan fingerprint density at radius 1 is 1.56 bits per heavy atom. The van der Waals surface area contributed by atoms with Gasteiger partial charge in [0.25, 0.3) is 5.91 Å². The lowest BCUT2D eigenvalue weighted by Gasteiger charge is -2.26. The van der Waals surface area contributed by atoms with Crippen LogP contribution in [0.25, 0.3) is 0 Å². The quantitative estimate of drug-likeness (QED) is 0.706. The lowest BCUT2D eigenvalue weighted by Crippen LogP contribution is -2.43. The zero-order valence-electron chi connectivity index (χ0n) is 9.97. The van der Waals surface area contributed by atoms with Crippen LogP contribution in [0.2, 0.25) is 0 Å². The number of rotatable bonds is 4. The van der Waals surface area contributed by atoms with E-state index in [9.17, 15) is 13.2 Å². The topological polar surface area (TPSA) is 63.7 Å². The van der Waals surface area contributed by atoms with Crippen LogP contribution in [0.5, 0.6) is 0 Å². The normalized spacial score (nSPS) is 25.3. The van der Waals surface area contributed by atoms with Crippen molar-refractivity contribution in [2.24, 2.45) is 0 Å². The molecule has 16 heavy (non-hydrogen) atoms. The third-order valence-electron chi connectivity index (χ3n) is 2.87. The minimum atomic E-state index is -2.95. The summed E-state index contributed by atoms with van der Waals surface area (Å²) in [6.07, 6.45) is 0.0296. The van der Waals surface area contributed by atoms with Gasteiger partial charge in [-0.2, -0.15) is 0 Å². The largest absolute Gasteiger partial charge is 0.369 e. The number of hydrogen-bond acceptors (Lipinski definition) is 4. The minimum absolute atomic E-state index is 0.0775. The highest BCUT2D eigenvalue weighted by molar-refractivity contribution is 7.91. The van der Waals surface area contributed by atoms with Gasteiger partial charge in [0, 0.05) is 19.7 Å². The Balaban J connectivity index is 2.58. The van der Waals surface area contributed by atoms with Crippen molar-refractivity contribution < 1.29 is 17.9 Å². The molecule has 1 amide bonds. The number of carbonyl (C=O) groups is 1. The molecule has 5 nitrogen and oxygen atoms in total. The van der Waals surface area contributed by atoms with E-state index >= 15 is 0 Å². The van der Waals surface area contributed by atoms with Gasteiger partial charge in [0.2, 0.25) is 0 Å². The van der Waals surface area contributed by atoms with E-state index < -0.39 is 15.9 Å². The predicted molar refractivity (Wildman–Crippen MR) is 60.9 cm³/mol. The van der Waals surface area contributed by atoms with Gasteiger partial charge < -0.3 is 9.64 Å². The van der Waals surface area contributed by atoms with Crippen molar-refractivity contribution in [1.82, 2.24) is 4.90 Å². The van der Waals surface area contributed by atoms with Crippen LogP contribution in [0.15, 0.2) is 0 Å². The van der Waals surface area contributed by atoms with Crippen LogP contribution < -0.4 is 0 Å². The Labute approximate surface area is 96.7 Å². The molecule has 0 aromatic carbocycles. The first-order valence-electron chi connectivity index (χ1n) is 5.46. The highest BCUT2D eigenvalue weighted by Gasteiger charge is 2.34. The second-order valence-corrected chi connectivity index (χ2v) is 6.33. The van der Waals surface area contributed by atoms with E-state index in [1.807, 2.05) is 6.92 Å². The molecule has 94 valence electrons. The number of nitrogens with zero attached hydrogens (tertiary/aromatic N) is 1. The van der Waals surface area contributed by atoms with Gasteiger partial charge in [-0.3, -0.25) is 4.79 Å². The van der Waals surface area contributed by atoms with Crippen LogP contribution >= 0.6 is 0 Å². The van der Waals surface area contributed by atoms with Crippen LogP contribution in [0.3, 0.4) is 0 Å². The second-order valence-electron chi connectivity index (χ2n) is 4.10. The maximum atomic E-state index is 11.8. The molecule has 1 aliphatic rings. The highest BCUT2D eigenvalue weighted by Crippen LogP contribution is 2.17. The summed E-state index contributed by atoms with van der Waals surface area (Å²) >= 11 is 0. The first-order valence-corrected chi connectivity index (χ1v) is 7.28. The molecule has 6 heteroatoms. The number of sulfone groups is 1. The third kappa shape index (κ3) is 3.18. The predicted octanol–water partition coefficient (Wildman–Crippen LogP) is 0.0569. The van der Waals surface area contributed by atoms with Crippen LogP contribution in [-0.2, 0) is 19.4 Å². The molecule has 1 fully saturated rings. The molecule has 0 bridgehead atoms. The first-order chi connectivity index (χ1) is 7.37. The van der Waals surface area contributed by atoms with Crippen molar-refractivity contribution in [3.63, 3.8) is 0 Å². The molecule has 0 aromatic rings. The summed E-state index contributed by atoms with van der Waals surface area (Å²) in [4.78, 5) is 13.3. The number of hydrogen-bond donors (Lipinski definition) is 0. The number of likely N-dealkylation sites (N-methyl/N-ethyl adjacent to an activating group) is 1. The van der Waals surface area contributed by atoms with Crippen LogP contribution in [-0.4, -0.2) is 56.5 Å². The Bertz CT molecular complexity index is 352. The summed E-state index contributed by atoms with van der Waals surface area (Å²) in [6.45, 7) is 3.99. The van der Waals surface area contributed by atoms with E-state index in [4.69, 9.17) is 4.74 Å². The Morgan fingerprint density at radius 3 is 2.62 bits per heavy atom. The van der Waals surface area contributed by atoms with Crippen LogP contribution in [0.4, 0.5) is 0 Å². The third-order valence-corrected chi connectivity index (χ3v) is 4.62. The molecule has 0 unspecified atom stereocenters. The van der Waals surface area contributed by atoms with Crippen molar-refractivity contribution >= 4 is 15.7 Å². The summed E-state index contributed by atoms with van der Waals surface area (Å²) in [5.74, 6) is 0.107. The molecule has 0 spiro atoms. The van der Waals surface area contributed by atoms with Crippen LogP contribution in [0, 0.1) is 0 Å². The van der Waals surface area contributed by atoms with E-state index in [2.05, 4.69) is 0 Å². The Kier molecular flexibility index (Phi) is 4.32.